The van der Waals surface area contributed by atoms with Crippen molar-refractivity contribution in [2.24, 2.45) is 0 Å². The lowest BCUT2D eigenvalue weighted by Gasteiger charge is -2.12. The van der Waals surface area contributed by atoms with Crippen LogP contribution in [0.15, 0.2) is 85.1 Å². The Morgan fingerprint density at radius 1 is 0.742 bits per heavy atom. The normalized spacial score (nSPS) is 11.1. The largest absolute Gasteiger partial charge is 0.496 e. The quantitative estimate of drug-likeness (QED) is 0.297. The number of ether oxygens (including phenoxy) is 1. The van der Waals surface area contributed by atoms with Gasteiger partial charge in [0, 0.05) is 32.9 Å². The number of para-hydroxylation sites is 1. The summed E-state index contributed by atoms with van der Waals surface area (Å²) in [6, 6.07) is 25.2. The molecule has 0 aliphatic carbocycles. The molecule has 4 nitrogen and oxygen atoms in total. The van der Waals surface area contributed by atoms with Gasteiger partial charge in [0.05, 0.1) is 24.2 Å². The van der Waals surface area contributed by atoms with E-state index in [0.717, 1.165) is 39.5 Å². The Hall–Kier alpha value is -3.34. The number of hydrogen-bond donors (Lipinski definition) is 0. The van der Waals surface area contributed by atoms with Crippen LogP contribution in [-0.2, 0) is 0 Å². The van der Waals surface area contributed by atoms with Crippen molar-refractivity contribution in [3.8, 4) is 39.5 Å². The van der Waals surface area contributed by atoms with E-state index in [1.807, 2.05) is 89.5 Å². The first kappa shape index (κ1) is 19.6. The van der Waals surface area contributed by atoms with Gasteiger partial charge in [0.2, 0.25) is 5.78 Å². The maximum atomic E-state index is 6.08. The average molecular weight is 446 g/mol. The molecule has 0 N–H and O–H groups in total. The average Bonchev–Trinajstić information content (AvgIpc) is 3.23. The predicted octanol–water partition coefficient (Wildman–Crippen LogP) is 7.05. The first-order valence-corrected chi connectivity index (χ1v) is 10.4. The number of rotatable bonds is 4. The van der Waals surface area contributed by atoms with Crippen LogP contribution in [0.1, 0.15) is 0 Å². The zero-order valence-corrected chi connectivity index (χ0v) is 18.1. The van der Waals surface area contributed by atoms with Gasteiger partial charge in [-0.15, -0.1) is 0 Å². The molecule has 0 fully saturated rings. The van der Waals surface area contributed by atoms with Gasteiger partial charge in [0.25, 0.3) is 0 Å². The second-order valence-corrected chi connectivity index (χ2v) is 7.91. The predicted molar refractivity (Wildman–Crippen MR) is 126 cm³/mol. The maximum absolute atomic E-state index is 6.08. The lowest BCUT2D eigenvalue weighted by Crippen LogP contribution is -1.98. The number of halogens is 2. The molecule has 0 radical (unpaired) electrons. The number of aromatic nitrogens is 3. The Morgan fingerprint density at radius 2 is 1.32 bits per heavy atom. The van der Waals surface area contributed by atoms with Gasteiger partial charge in [-0.2, -0.15) is 0 Å². The second-order valence-electron chi connectivity index (χ2n) is 7.04. The van der Waals surface area contributed by atoms with E-state index in [1.54, 1.807) is 7.11 Å². The standard InChI is InChI=1S/C25H17Cl2N3O/c1-31-24-5-3-2-4-20(24)23-14-21(16-6-10-18(26)11-7-16)28-25-29-22(15-30(23)25)17-8-12-19(27)13-9-17/h2-15H,1H3. The molecular formula is C25H17Cl2N3O. The van der Waals surface area contributed by atoms with Gasteiger partial charge >= 0.3 is 0 Å². The van der Waals surface area contributed by atoms with Crippen molar-refractivity contribution < 1.29 is 4.74 Å². The van der Waals surface area contributed by atoms with E-state index in [-0.39, 0.29) is 0 Å². The van der Waals surface area contributed by atoms with Crippen LogP contribution in [0.25, 0.3) is 39.5 Å². The molecule has 0 saturated heterocycles. The van der Waals surface area contributed by atoms with Gasteiger partial charge in [0.15, 0.2) is 0 Å². The molecular weight excluding hydrogens is 429 g/mol. The monoisotopic (exact) mass is 445 g/mol. The van der Waals surface area contributed by atoms with Crippen LogP contribution < -0.4 is 4.74 Å². The highest BCUT2D eigenvalue weighted by Crippen LogP contribution is 2.34. The molecule has 0 spiro atoms. The zero-order chi connectivity index (χ0) is 21.4. The molecule has 0 saturated carbocycles. The number of hydrogen-bond acceptors (Lipinski definition) is 3. The van der Waals surface area contributed by atoms with Gasteiger partial charge in [-0.05, 0) is 42.5 Å². The van der Waals surface area contributed by atoms with Crippen molar-refractivity contribution in [3.63, 3.8) is 0 Å². The summed E-state index contributed by atoms with van der Waals surface area (Å²) in [7, 11) is 1.67. The number of methoxy groups -OCH3 is 1. The van der Waals surface area contributed by atoms with Crippen molar-refractivity contribution in [3.05, 3.63) is 95.1 Å². The van der Waals surface area contributed by atoms with Crippen LogP contribution in [0.4, 0.5) is 0 Å². The molecule has 5 aromatic rings. The van der Waals surface area contributed by atoms with E-state index in [0.29, 0.717) is 15.8 Å². The smallest absolute Gasteiger partial charge is 0.235 e. The van der Waals surface area contributed by atoms with E-state index in [1.165, 1.54) is 0 Å². The first-order valence-electron chi connectivity index (χ1n) is 9.68. The molecule has 0 bridgehead atoms. The fourth-order valence-electron chi connectivity index (χ4n) is 3.56. The van der Waals surface area contributed by atoms with Crippen LogP contribution in [0.3, 0.4) is 0 Å². The summed E-state index contributed by atoms with van der Waals surface area (Å²) >= 11 is 12.1. The van der Waals surface area contributed by atoms with Crippen molar-refractivity contribution >= 4 is 29.0 Å². The number of imidazole rings is 1. The van der Waals surface area contributed by atoms with Gasteiger partial charge in [-0.1, -0.05) is 59.6 Å². The zero-order valence-electron chi connectivity index (χ0n) is 16.6. The van der Waals surface area contributed by atoms with Crippen LogP contribution in [0.5, 0.6) is 5.75 Å². The molecule has 31 heavy (non-hydrogen) atoms. The Morgan fingerprint density at radius 3 is 1.97 bits per heavy atom. The molecule has 0 aliphatic heterocycles. The van der Waals surface area contributed by atoms with Gasteiger partial charge in [-0.25, -0.2) is 9.97 Å². The molecule has 5 rings (SSSR count). The minimum absolute atomic E-state index is 0.596. The summed E-state index contributed by atoms with van der Waals surface area (Å²) < 4.78 is 7.62. The minimum Gasteiger partial charge on any atom is -0.496 e. The van der Waals surface area contributed by atoms with Gasteiger partial charge < -0.3 is 4.74 Å². The third-order valence-electron chi connectivity index (χ3n) is 5.10. The van der Waals surface area contributed by atoms with Gasteiger partial charge in [-0.3, -0.25) is 4.40 Å². The molecule has 2 heterocycles. The highest BCUT2D eigenvalue weighted by molar-refractivity contribution is 6.30. The third-order valence-corrected chi connectivity index (χ3v) is 5.61. The summed E-state index contributed by atoms with van der Waals surface area (Å²) in [5.74, 6) is 1.37. The Kier molecular flexibility index (Phi) is 5.10. The van der Waals surface area contributed by atoms with Gasteiger partial charge in [0.1, 0.15) is 5.75 Å². The van der Waals surface area contributed by atoms with E-state index in [4.69, 9.17) is 37.9 Å². The topological polar surface area (TPSA) is 39.4 Å². The maximum Gasteiger partial charge on any atom is 0.235 e. The second kappa shape index (κ2) is 8.06. The highest BCUT2D eigenvalue weighted by Gasteiger charge is 2.16. The summed E-state index contributed by atoms with van der Waals surface area (Å²) in [6.45, 7) is 0. The van der Waals surface area contributed by atoms with Crippen LogP contribution in [0, 0.1) is 0 Å². The number of fused-ring (bicyclic) bond motifs is 1. The summed E-state index contributed by atoms with van der Waals surface area (Å²) in [5, 5.41) is 1.37. The Balaban J connectivity index is 1.77. The lowest BCUT2D eigenvalue weighted by atomic mass is 10.1. The number of nitrogens with zero attached hydrogens (tertiary/aromatic N) is 3. The third kappa shape index (κ3) is 3.76. The van der Waals surface area contributed by atoms with Crippen LogP contribution in [0.2, 0.25) is 10.0 Å². The highest BCUT2D eigenvalue weighted by atomic mass is 35.5. The van der Waals surface area contributed by atoms with Crippen LogP contribution >= 0.6 is 23.2 Å². The molecule has 0 atom stereocenters. The summed E-state index contributed by atoms with van der Waals surface area (Å²) in [6.07, 6.45) is 1.99. The Bertz CT molecular complexity index is 1380. The van der Waals surface area contributed by atoms with E-state index in [9.17, 15) is 0 Å². The molecule has 3 aromatic carbocycles. The van der Waals surface area contributed by atoms with Crippen molar-refractivity contribution in [2.75, 3.05) is 7.11 Å². The molecule has 0 amide bonds. The van der Waals surface area contributed by atoms with Crippen molar-refractivity contribution in [1.29, 1.82) is 0 Å². The SMILES string of the molecule is COc1ccccc1-c1cc(-c2ccc(Cl)cc2)nc2nc(-c3ccc(Cl)cc3)cn12. The molecule has 0 unspecified atom stereocenters. The molecule has 6 heteroatoms. The van der Waals surface area contributed by atoms with Crippen molar-refractivity contribution in [1.82, 2.24) is 14.4 Å². The number of benzene rings is 3. The fraction of sp³-hybridized carbons (Fsp3) is 0.0400. The minimum atomic E-state index is 0.596. The summed E-state index contributed by atoms with van der Waals surface area (Å²) in [4.78, 5) is 9.62. The molecule has 0 aliphatic rings. The van der Waals surface area contributed by atoms with E-state index in [2.05, 4.69) is 0 Å². The first-order chi connectivity index (χ1) is 15.1. The fourth-order valence-corrected chi connectivity index (χ4v) is 3.81. The lowest BCUT2D eigenvalue weighted by molar-refractivity contribution is 0.416. The van der Waals surface area contributed by atoms with E-state index < -0.39 is 0 Å². The van der Waals surface area contributed by atoms with E-state index >= 15 is 0 Å². The van der Waals surface area contributed by atoms with Crippen molar-refractivity contribution in [2.45, 2.75) is 0 Å². The van der Waals surface area contributed by atoms with Crippen LogP contribution in [-0.4, -0.2) is 21.5 Å². The summed E-state index contributed by atoms with van der Waals surface area (Å²) in [5.41, 5.74) is 5.42. The molecule has 152 valence electrons. The molecule has 2 aromatic heterocycles. The Labute approximate surface area is 189 Å².